The molecule has 8 saturated heterocycles. The number of hydrogen-bond donors (Lipinski definition) is 2. The highest BCUT2D eigenvalue weighted by Crippen LogP contribution is 2.68. The second kappa shape index (κ2) is 12.6. The van der Waals surface area contributed by atoms with Gasteiger partial charge < -0.3 is 29.2 Å². The number of fused-ring (bicyclic) bond motifs is 4. The van der Waals surface area contributed by atoms with E-state index in [4.69, 9.17) is 29.5 Å². The fourth-order valence-corrected chi connectivity index (χ4v) is 11.9. The van der Waals surface area contributed by atoms with Crippen molar-refractivity contribution in [2.24, 2.45) is 23.7 Å². The summed E-state index contributed by atoms with van der Waals surface area (Å²) in [5.74, 6) is -2.75. The number of aliphatic hydroxyl groups excluding tert-OH is 2. The highest BCUT2D eigenvalue weighted by Gasteiger charge is 2.80. The third-order valence-corrected chi connectivity index (χ3v) is 14.3. The number of aliphatic hydroxyl groups is 2. The molecule has 12 nitrogen and oxygen atoms in total. The standard InChI is InChI=1S/2C20H19F3N2O4/c2*1-2-18-8-13(26)19(29-18)5-6-28-17-15(19)14(18)16(27)25(17)11-4-3-10(9-24)12(7-11)20(21,22)23/h2*3-4,7,13-15,17,26H,2,5-6,8H2,1H3/t2*13-,14+,15-,17-,18+,19-/m10/s1. The monoisotopic (exact) mass is 816 g/mol. The topological polar surface area (TPSA) is 166 Å². The molecule has 0 radical (unpaired) electrons. The summed E-state index contributed by atoms with van der Waals surface area (Å²) in [6.07, 6.45) is -9.97. The molecule has 8 aliphatic heterocycles. The largest absolute Gasteiger partial charge is 0.417 e. The molecule has 8 aliphatic rings. The number of carbonyl (C=O) groups is 2. The smallest absolute Gasteiger partial charge is 0.390 e. The summed E-state index contributed by atoms with van der Waals surface area (Å²) in [5.41, 5.74) is -6.58. The van der Waals surface area contributed by atoms with Gasteiger partial charge in [-0.15, -0.1) is 0 Å². The molecule has 58 heavy (non-hydrogen) atoms. The number of benzene rings is 2. The van der Waals surface area contributed by atoms with Crippen molar-refractivity contribution in [1.82, 2.24) is 0 Å². The maximum atomic E-state index is 13.4. The van der Waals surface area contributed by atoms with E-state index in [1.165, 1.54) is 21.9 Å². The first kappa shape index (κ1) is 39.2. The molecule has 18 heteroatoms. The van der Waals surface area contributed by atoms with Crippen molar-refractivity contribution in [3.05, 3.63) is 58.7 Å². The molecule has 0 aliphatic carbocycles. The average Bonchev–Trinajstić information content (AvgIpc) is 3.98. The number of ether oxygens (including phenoxy) is 4. The minimum Gasteiger partial charge on any atom is -0.390 e. The van der Waals surface area contributed by atoms with Gasteiger partial charge in [0.1, 0.15) is 23.7 Å². The van der Waals surface area contributed by atoms with Crippen molar-refractivity contribution < 1.29 is 65.1 Å². The Morgan fingerprint density at radius 3 is 1.41 bits per heavy atom. The van der Waals surface area contributed by atoms with Crippen LogP contribution in [0.1, 0.15) is 74.6 Å². The first-order valence-electron chi connectivity index (χ1n) is 19.3. The zero-order chi connectivity index (χ0) is 41.5. The minimum absolute atomic E-state index is 0.0397. The van der Waals surface area contributed by atoms with Crippen molar-refractivity contribution >= 4 is 23.2 Å². The van der Waals surface area contributed by atoms with Gasteiger partial charge in [-0.2, -0.15) is 36.9 Å². The summed E-state index contributed by atoms with van der Waals surface area (Å²) in [6, 6.07) is 9.61. The van der Waals surface area contributed by atoms with Crippen LogP contribution in [0.2, 0.25) is 0 Å². The Balaban J connectivity index is 0.000000150. The van der Waals surface area contributed by atoms with Crippen LogP contribution in [-0.4, -0.2) is 82.3 Å². The lowest BCUT2D eigenvalue weighted by atomic mass is 9.63. The van der Waals surface area contributed by atoms with E-state index in [-0.39, 0.29) is 36.4 Å². The average molecular weight is 817 g/mol. The van der Waals surface area contributed by atoms with Crippen LogP contribution in [0.4, 0.5) is 37.7 Å². The maximum absolute atomic E-state index is 13.4. The lowest BCUT2D eigenvalue weighted by molar-refractivity contribution is -0.165. The summed E-state index contributed by atoms with van der Waals surface area (Å²) in [5, 5.41) is 39.5. The van der Waals surface area contributed by atoms with Gasteiger partial charge >= 0.3 is 12.4 Å². The van der Waals surface area contributed by atoms with E-state index < -0.39 is 105 Å². The van der Waals surface area contributed by atoms with Crippen LogP contribution in [0, 0.1) is 46.3 Å². The fraction of sp³-hybridized carbons (Fsp3) is 0.600. The van der Waals surface area contributed by atoms with Crippen LogP contribution in [0.5, 0.6) is 0 Å². The van der Waals surface area contributed by atoms with E-state index in [2.05, 4.69) is 0 Å². The van der Waals surface area contributed by atoms with E-state index in [0.717, 1.165) is 24.3 Å². The number of anilines is 2. The van der Waals surface area contributed by atoms with Crippen molar-refractivity contribution in [3.63, 3.8) is 0 Å². The van der Waals surface area contributed by atoms with E-state index >= 15 is 0 Å². The van der Waals surface area contributed by atoms with E-state index in [9.17, 15) is 46.1 Å². The Hall–Kier alpha value is -4.30. The highest BCUT2D eigenvalue weighted by molar-refractivity contribution is 6.01. The van der Waals surface area contributed by atoms with E-state index in [1.54, 1.807) is 12.1 Å². The summed E-state index contributed by atoms with van der Waals surface area (Å²) in [6.45, 7) is 4.24. The van der Waals surface area contributed by atoms with Crippen LogP contribution >= 0.6 is 0 Å². The predicted octanol–water partition coefficient (Wildman–Crippen LogP) is 5.17. The molecule has 308 valence electrons. The van der Waals surface area contributed by atoms with Crippen LogP contribution in [0.15, 0.2) is 36.4 Å². The molecule has 2 N–H and O–H groups in total. The number of nitriles is 2. The molecule has 2 aromatic carbocycles. The zero-order valence-electron chi connectivity index (χ0n) is 31.1. The van der Waals surface area contributed by atoms with Gasteiger partial charge in [0, 0.05) is 37.1 Å². The van der Waals surface area contributed by atoms with Crippen molar-refractivity contribution in [1.29, 1.82) is 10.5 Å². The Kier molecular flexibility index (Phi) is 8.52. The molecule has 0 saturated carbocycles. The number of hydrogen-bond acceptors (Lipinski definition) is 10. The molecule has 2 amide bonds. The van der Waals surface area contributed by atoms with Crippen molar-refractivity contribution in [2.75, 3.05) is 23.0 Å². The molecule has 0 aromatic heterocycles. The SMILES string of the molecule is CC[C@@]12C[C@H](O)[C@]3(CCO[C@H]4[C@@H]3[C@@H]1C(=O)N4c1ccc(C#N)c(C(F)(F)F)c1)O2.CC[C@]12C[C@@H](O)[C@@]3(CCO[C@@H]4[C@H]3[C@H]1C(=O)N4c1ccc(C#N)c(C(F)(F)F)c1)O2. The van der Waals surface area contributed by atoms with Gasteiger partial charge in [0.2, 0.25) is 11.8 Å². The van der Waals surface area contributed by atoms with Gasteiger partial charge in [0.15, 0.2) is 0 Å². The van der Waals surface area contributed by atoms with E-state index in [0.29, 0.717) is 38.5 Å². The maximum Gasteiger partial charge on any atom is 0.417 e. The second-order valence-electron chi connectivity index (χ2n) is 16.5. The molecular formula is C40H38F6N4O8. The number of halogens is 6. The Morgan fingerprint density at radius 1 is 0.707 bits per heavy atom. The second-order valence-corrected chi connectivity index (χ2v) is 16.5. The van der Waals surface area contributed by atoms with Crippen LogP contribution in [0.3, 0.4) is 0 Å². The van der Waals surface area contributed by atoms with Gasteiger partial charge in [0.25, 0.3) is 0 Å². The van der Waals surface area contributed by atoms with Crippen LogP contribution < -0.4 is 9.80 Å². The Morgan fingerprint density at radius 2 is 1.09 bits per heavy atom. The number of nitrogens with zero attached hydrogens (tertiary/aromatic N) is 4. The third-order valence-electron chi connectivity index (χ3n) is 14.3. The van der Waals surface area contributed by atoms with Gasteiger partial charge in [-0.25, -0.2) is 0 Å². The van der Waals surface area contributed by atoms with Gasteiger partial charge in [-0.3, -0.25) is 19.4 Å². The van der Waals surface area contributed by atoms with Crippen LogP contribution in [0.25, 0.3) is 0 Å². The third kappa shape index (κ3) is 4.96. The fourth-order valence-electron chi connectivity index (χ4n) is 11.9. The molecule has 8 heterocycles. The number of amides is 2. The minimum atomic E-state index is -4.72. The Labute approximate surface area is 327 Å². The lowest BCUT2D eigenvalue weighted by Gasteiger charge is -2.43. The number of rotatable bonds is 4. The number of carbonyl (C=O) groups excluding carboxylic acids is 2. The molecule has 10 rings (SSSR count). The quantitative estimate of drug-likeness (QED) is 0.394. The van der Waals surface area contributed by atoms with E-state index in [1.807, 2.05) is 13.8 Å². The first-order valence-corrected chi connectivity index (χ1v) is 19.3. The number of alkyl halides is 6. The van der Waals surface area contributed by atoms with Gasteiger partial charge in [-0.05, 0) is 49.2 Å². The normalized spacial score (nSPS) is 40.3. The Bertz CT molecular complexity index is 2040. The molecule has 2 spiro atoms. The summed E-state index contributed by atoms with van der Waals surface area (Å²) < 4.78 is 105. The molecular weight excluding hydrogens is 778 g/mol. The molecule has 0 unspecified atom stereocenters. The predicted molar refractivity (Wildman–Crippen MR) is 185 cm³/mol. The summed E-state index contributed by atoms with van der Waals surface area (Å²) >= 11 is 0. The van der Waals surface area contributed by atoms with Crippen LogP contribution in [-0.2, 0) is 40.9 Å². The van der Waals surface area contributed by atoms with Gasteiger partial charge in [0.05, 0.1) is 94.7 Å². The van der Waals surface area contributed by atoms with Gasteiger partial charge in [-0.1, -0.05) is 13.8 Å². The molecule has 12 atom stereocenters. The van der Waals surface area contributed by atoms with Crippen molar-refractivity contribution in [3.8, 4) is 12.1 Å². The van der Waals surface area contributed by atoms with Crippen molar-refractivity contribution in [2.45, 2.75) is 112 Å². The summed E-state index contributed by atoms with van der Waals surface area (Å²) in [4.78, 5) is 29.4. The zero-order valence-corrected chi connectivity index (χ0v) is 31.1. The highest BCUT2D eigenvalue weighted by atomic mass is 19.4. The summed E-state index contributed by atoms with van der Waals surface area (Å²) in [7, 11) is 0. The first-order chi connectivity index (χ1) is 27.4. The molecule has 8 fully saturated rings. The molecule has 2 aromatic rings. The lowest BCUT2D eigenvalue weighted by Crippen LogP contribution is -2.57. The molecule has 4 bridgehead atoms.